The highest BCUT2D eigenvalue weighted by atomic mass is 16.8. The zero-order valence-corrected chi connectivity index (χ0v) is 8.96. The number of aliphatic hydroxyl groups is 3. The van der Waals surface area contributed by atoms with Gasteiger partial charge in [-0.25, -0.2) is 0 Å². The van der Waals surface area contributed by atoms with Crippen molar-refractivity contribution in [3.8, 4) is 0 Å². The summed E-state index contributed by atoms with van der Waals surface area (Å²) in [5.41, 5.74) is 0. The van der Waals surface area contributed by atoms with Crippen molar-refractivity contribution in [3.05, 3.63) is 12.7 Å². The Labute approximate surface area is 88.9 Å². The van der Waals surface area contributed by atoms with E-state index in [1.165, 1.54) is 6.08 Å². The number of rotatable bonds is 4. The topological polar surface area (TPSA) is 79.2 Å². The van der Waals surface area contributed by atoms with Gasteiger partial charge in [-0.05, 0) is 13.8 Å². The molecule has 1 rings (SSSR count). The molecule has 15 heavy (non-hydrogen) atoms. The van der Waals surface area contributed by atoms with Crippen LogP contribution in [0.2, 0.25) is 0 Å². The van der Waals surface area contributed by atoms with E-state index in [2.05, 4.69) is 6.58 Å². The van der Waals surface area contributed by atoms with Gasteiger partial charge >= 0.3 is 0 Å². The fourth-order valence-electron chi connectivity index (χ4n) is 1.62. The first kappa shape index (κ1) is 12.6. The van der Waals surface area contributed by atoms with Crippen LogP contribution >= 0.6 is 0 Å². The molecular weight excluding hydrogens is 200 g/mol. The molecule has 0 bridgehead atoms. The molecule has 1 heterocycles. The third kappa shape index (κ3) is 2.76. The zero-order valence-electron chi connectivity index (χ0n) is 8.96. The van der Waals surface area contributed by atoms with Crippen LogP contribution in [-0.4, -0.2) is 52.1 Å². The Morgan fingerprint density at radius 3 is 2.33 bits per heavy atom. The van der Waals surface area contributed by atoms with Gasteiger partial charge in [0.15, 0.2) is 5.79 Å². The number of hydrogen-bond donors (Lipinski definition) is 3. The average Bonchev–Trinajstić information content (AvgIpc) is 2.52. The molecule has 0 aromatic carbocycles. The van der Waals surface area contributed by atoms with Crippen molar-refractivity contribution < 1.29 is 24.8 Å². The van der Waals surface area contributed by atoms with E-state index in [1.54, 1.807) is 13.8 Å². The van der Waals surface area contributed by atoms with Crippen LogP contribution in [0.15, 0.2) is 12.7 Å². The van der Waals surface area contributed by atoms with Crippen molar-refractivity contribution in [1.29, 1.82) is 0 Å². The van der Waals surface area contributed by atoms with Crippen molar-refractivity contribution in [2.24, 2.45) is 0 Å². The first-order valence-corrected chi connectivity index (χ1v) is 4.86. The lowest BCUT2D eigenvalue weighted by Gasteiger charge is -2.22. The van der Waals surface area contributed by atoms with E-state index in [9.17, 15) is 10.2 Å². The second kappa shape index (κ2) is 4.59. The van der Waals surface area contributed by atoms with Gasteiger partial charge in [-0.2, -0.15) is 0 Å². The Morgan fingerprint density at radius 1 is 1.33 bits per heavy atom. The monoisotopic (exact) mass is 218 g/mol. The molecule has 1 saturated heterocycles. The smallest absolute Gasteiger partial charge is 0.164 e. The third-order valence-electron chi connectivity index (χ3n) is 2.31. The standard InChI is InChI=1S/C10H18O5/c1-4-6(12)8-9(7(13)5-11)15-10(2,3)14-8/h4,6-9,11-13H,1,5H2,2-3H3/t6-,7+,8-,9+/m0/s1. The van der Waals surface area contributed by atoms with Crippen molar-refractivity contribution in [2.45, 2.75) is 44.1 Å². The highest BCUT2D eigenvalue weighted by Crippen LogP contribution is 2.31. The summed E-state index contributed by atoms with van der Waals surface area (Å²) in [6.45, 7) is 6.36. The number of ether oxygens (including phenoxy) is 2. The maximum absolute atomic E-state index is 9.59. The molecule has 1 fully saturated rings. The molecular formula is C10H18O5. The number of aliphatic hydroxyl groups excluding tert-OH is 3. The van der Waals surface area contributed by atoms with E-state index in [0.717, 1.165) is 0 Å². The van der Waals surface area contributed by atoms with Gasteiger partial charge in [0.25, 0.3) is 0 Å². The van der Waals surface area contributed by atoms with E-state index in [0.29, 0.717) is 0 Å². The van der Waals surface area contributed by atoms with Gasteiger partial charge < -0.3 is 24.8 Å². The molecule has 1 aliphatic heterocycles. The average molecular weight is 218 g/mol. The second-order valence-corrected chi connectivity index (χ2v) is 4.04. The van der Waals surface area contributed by atoms with Crippen LogP contribution in [0.3, 0.4) is 0 Å². The van der Waals surface area contributed by atoms with Crippen molar-refractivity contribution in [2.75, 3.05) is 6.61 Å². The van der Waals surface area contributed by atoms with Gasteiger partial charge in [-0.15, -0.1) is 6.58 Å². The van der Waals surface area contributed by atoms with Crippen LogP contribution in [-0.2, 0) is 9.47 Å². The summed E-state index contributed by atoms with van der Waals surface area (Å²) in [6.07, 6.45) is -2.16. The van der Waals surface area contributed by atoms with Crippen LogP contribution < -0.4 is 0 Å². The van der Waals surface area contributed by atoms with Crippen LogP contribution in [0.25, 0.3) is 0 Å². The van der Waals surface area contributed by atoms with Gasteiger partial charge in [0.2, 0.25) is 0 Å². The van der Waals surface area contributed by atoms with E-state index in [4.69, 9.17) is 14.6 Å². The minimum Gasteiger partial charge on any atom is -0.394 e. The second-order valence-electron chi connectivity index (χ2n) is 4.04. The molecule has 0 saturated carbocycles. The summed E-state index contributed by atoms with van der Waals surface area (Å²) < 4.78 is 10.8. The van der Waals surface area contributed by atoms with E-state index < -0.39 is 36.8 Å². The maximum Gasteiger partial charge on any atom is 0.164 e. The molecule has 4 atom stereocenters. The molecule has 3 N–H and O–H groups in total. The zero-order chi connectivity index (χ0) is 11.6. The fourth-order valence-corrected chi connectivity index (χ4v) is 1.62. The Bertz CT molecular complexity index is 228. The summed E-state index contributed by atoms with van der Waals surface area (Å²) in [5.74, 6) is -0.879. The first-order valence-electron chi connectivity index (χ1n) is 4.86. The summed E-state index contributed by atoms with van der Waals surface area (Å²) in [6, 6.07) is 0. The molecule has 0 aromatic heterocycles. The van der Waals surface area contributed by atoms with Crippen molar-refractivity contribution >= 4 is 0 Å². The fraction of sp³-hybridized carbons (Fsp3) is 0.800. The van der Waals surface area contributed by atoms with Crippen molar-refractivity contribution in [3.63, 3.8) is 0 Å². The highest BCUT2D eigenvalue weighted by molar-refractivity contribution is 4.96. The van der Waals surface area contributed by atoms with E-state index in [-0.39, 0.29) is 0 Å². The predicted molar refractivity (Wildman–Crippen MR) is 53.1 cm³/mol. The molecule has 0 amide bonds. The summed E-state index contributed by atoms with van der Waals surface area (Å²) in [4.78, 5) is 0. The molecule has 0 radical (unpaired) electrons. The molecule has 0 unspecified atom stereocenters. The lowest BCUT2D eigenvalue weighted by Crippen LogP contribution is -2.43. The SMILES string of the molecule is C=C[C@H](O)[C@@H]1OC(C)(C)O[C@@H]1[C@H](O)CO. The minimum atomic E-state index is -1.08. The highest BCUT2D eigenvalue weighted by Gasteiger charge is 2.46. The lowest BCUT2D eigenvalue weighted by atomic mass is 10.0. The van der Waals surface area contributed by atoms with E-state index >= 15 is 0 Å². The molecule has 5 nitrogen and oxygen atoms in total. The molecule has 88 valence electrons. The molecule has 0 spiro atoms. The Balaban J connectivity index is 2.78. The van der Waals surface area contributed by atoms with Gasteiger partial charge in [0.1, 0.15) is 24.4 Å². The quantitative estimate of drug-likeness (QED) is 0.549. The van der Waals surface area contributed by atoms with Gasteiger partial charge in [0, 0.05) is 0 Å². The van der Waals surface area contributed by atoms with Gasteiger partial charge in [0.05, 0.1) is 6.61 Å². The summed E-state index contributed by atoms with van der Waals surface area (Å²) in [7, 11) is 0. The molecule has 0 aromatic rings. The predicted octanol–water partition coefficient (Wildman–Crippen LogP) is -0.593. The largest absolute Gasteiger partial charge is 0.394 e. The Kier molecular flexibility index (Phi) is 3.86. The molecule has 1 aliphatic rings. The summed E-state index contributed by atoms with van der Waals surface area (Å²) >= 11 is 0. The van der Waals surface area contributed by atoms with Crippen LogP contribution in [0.5, 0.6) is 0 Å². The van der Waals surface area contributed by atoms with E-state index in [1.807, 2.05) is 0 Å². The number of hydrogen-bond acceptors (Lipinski definition) is 5. The summed E-state index contributed by atoms with van der Waals surface area (Å²) in [5, 5.41) is 27.9. The lowest BCUT2D eigenvalue weighted by molar-refractivity contribution is -0.160. The molecule has 0 aliphatic carbocycles. The van der Waals surface area contributed by atoms with Crippen LogP contribution in [0.1, 0.15) is 13.8 Å². The van der Waals surface area contributed by atoms with Gasteiger partial charge in [-0.1, -0.05) is 6.08 Å². The first-order chi connectivity index (χ1) is 6.91. The van der Waals surface area contributed by atoms with Crippen LogP contribution in [0, 0.1) is 0 Å². The Morgan fingerprint density at radius 2 is 1.87 bits per heavy atom. The normalized spacial score (nSPS) is 33.7. The third-order valence-corrected chi connectivity index (χ3v) is 2.31. The minimum absolute atomic E-state index is 0.440. The van der Waals surface area contributed by atoms with Crippen LogP contribution in [0.4, 0.5) is 0 Å². The maximum atomic E-state index is 9.59. The van der Waals surface area contributed by atoms with Gasteiger partial charge in [-0.3, -0.25) is 0 Å². The molecule has 5 heteroatoms. The Hall–Kier alpha value is -0.460. The van der Waals surface area contributed by atoms with Crippen molar-refractivity contribution in [1.82, 2.24) is 0 Å².